The van der Waals surface area contributed by atoms with Crippen molar-refractivity contribution >= 4 is 34.4 Å². The Labute approximate surface area is 156 Å². The van der Waals surface area contributed by atoms with Gasteiger partial charge in [0.1, 0.15) is 5.69 Å². The van der Waals surface area contributed by atoms with Gasteiger partial charge in [-0.1, -0.05) is 34.7 Å². The van der Waals surface area contributed by atoms with E-state index in [9.17, 15) is 18.4 Å². The standard InChI is InChI=1S/C16H15F2IN4O2/c1-9(24)21-5-11-3-2-10(14(17)15(11)18)4-12-6-20-7-13(23-12)16(25)22-8-19/h2-3,6-7H,4-5,8H2,1H3,(H,21,24)(H,22,25). The number of alkyl halides is 1. The predicted octanol–water partition coefficient (Wildman–Crippen LogP) is 2.10. The van der Waals surface area contributed by atoms with Crippen molar-refractivity contribution in [3.05, 3.63) is 58.7 Å². The third kappa shape index (κ3) is 5.15. The van der Waals surface area contributed by atoms with Gasteiger partial charge in [0.25, 0.3) is 5.91 Å². The topological polar surface area (TPSA) is 84.0 Å². The van der Waals surface area contributed by atoms with Crippen LogP contribution < -0.4 is 10.6 Å². The maximum absolute atomic E-state index is 14.2. The van der Waals surface area contributed by atoms with Gasteiger partial charge < -0.3 is 10.6 Å². The smallest absolute Gasteiger partial charge is 0.272 e. The fourth-order valence-electron chi connectivity index (χ4n) is 2.07. The van der Waals surface area contributed by atoms with Gasteiger partial charge in [-0.25, -0.2) is 13.8 Å². The zero-order valence-corrected chi connectivity index (χ0v) is 15.4. The van der Waals surface area contributed by atoms with Crippen molar-refractivity contribution in [1.82, 2.24) is 20.6 Å². The molecule has 0 bridgehead atoms. The average molecular weight is 460 g/mol. The zero-order chi connectivity index (χ0) is 18.4. The number of amides is 2. The van der Waals surface area contributed by atoms with Crippen molar-refractivity contribution in [2.24, 2.45) is 0 Å². The monoisotopic (exact) mass is 460 g/mol. The number of hydrogen-bond donors (Lipinski definition) is 2. The molecule has 2 N–H and O–H groups in total. The predicted molar refractivity (Wildman–Crippen MR) is 95.1 cm³/mol. The average Bonchev–Trinajstić information content (AvgIpc) is 2.58. The molecule has 25 heavy (non-hydrogen) atoms. The van der Waals surface area contributed by atoms with Crippen LogP contribution in [0.15, 0.2) is 24.5 Å². The van der Waals surface area contributed by atoms with E-state index in [1.54, 1.807) is 0 Å². The normalized spacial score (nSPS) is 10.4. The Kier molecular flexibility index (Phi) is 6.73. The molecule has 1 aromatic carbocycles. The summed E-state index contributed by atoms with van der Waals surface area (Å²) < 4.78 is 28.7. The number of halogens is 3. The lowest BCUT2D eigenvalue weighted by Gasteiger charge is -2.09. The number of nitrogens with zero attached hydrogens (tertiary/aromatic N) is 2. The molecule has 1 heterocycles. The molecule has 2 amide bonds. The Morgan fingerprint density at radius 3 is 2.48 bits per heavy atom. The Hall–Kier alpha value is -2.17. The van der Waals surface area contributed by atoms with Gasteiger partial charge in [-0.15, -0.1) is 0 Å². The molecule has 9 heteroatoms. The number of carbonyl (C=O) groups is 2. The van der Waals surface area contributed by atoms with Crippen LogP contribution in [0.5, 0.6) is 0 Å². The van der Waals surface area contributed by atoms with E-state index in [1.165, 1.54) is 31.5 Å². The minimum Gasteiger partial charge on any atom is -0.352 e. The van der Waals surface area contributed by atoms with Crippen LogP contribution in [0.25, 0.3) is 0 Å². The molecule has 0 saturated heterocycles. The fraction of sp³-hybridized carbons (Fsp3) is 0.250. The lowest BCUT2D eigenvalue weighted by Crippen LogP contribution is -2.23. The highest BCUT2D eigenvalue weighted by atomic mass is 127. The van der Waals surface area contributed by atoms with Crippen LogP contribution in [0.2, 0.25) is 0 Å². The van der Waals surface area contributed by atoms with Crippen molar-refractivity contribution in [2.75, 3.05) is 4.55 Å². The molecule has 1 aromatic heterocycles. The summed E-state index contributed by atoms with van der Waals surface area (Å²) in [4.78, 5) is 30.7. The van der Waals surface area contributed by atoms with E-state index >= 15 is 0 Å². The summed E-state index contributed by atoms with van der Waals surface area (Å²) in [5.74, 6) is -2.74. The minimum absolute atomic E-state index is 0.0124. The third-order valence-electron chi connectivity index (χ3n) is 3.29. The molecule has 0 saturated carbocycles. The van der Waals surface area contributed by atoms with E-state index in [4.69, 9.17) is 0 Å². The van der Waals surface area contributed by atoms with E-state index in [0.29, 0.717) is 10.2 Å². The van der Waals surface area contributed by atoms with Crippen LogP contribution in [0, 0.1) is 11.6 Å². The van der Waals surface area contributed by atoms with Crippen LogP contribution in [0.3, 0.4) is 0 Å². The molecule has 0 aliphatic heterocycles. The Morgan fingerprint density at radius 1 is 1.12 bits per heavy atom. The highest BCUT2D eigenvalue weighted by Crippen LogP contribution is 2.19. The first kappa shape index (κ1) is 19.2. The van der Waals surface area contributed by atoms with Gasteiger partial charge >= 0.3 is 0 Å². The van der Waals surface area contributed by atoms with Crippen molar-refractivity contribution in [1.29, 1.82) is 0 Å². The highest BCUT2D eigenvalue weighted by molar-refractivity contribution is 14.1. The second-order valence-electron chi connectivity index (χ2n) is 5.13. The third-order valence-corrected chi connectivity index (χ3v) is 3.67. The quantitative estimate of drug-likeness (QED) is 0.393. The number of hydrogen-bond acceptors (Lipinski definition) is 4. The lowest BCUT2D eigenvalue weighted by molar-refractivity contribution is -0.119. The van der Waals surface area contributed by atoms with E-state index in [0.717, 1.165) is 0 Å². The van der Waals surface area contributed by atoms with Gasteiger partial charge in [-0.3, -0.25) is 14.6 Å². The summed E-state index contributed by atoms with van der Waals surface area (Å²) in [5.41, 5.74) is 0.592. The Bertz CT molecular complexity index is 802. The van der Waals surface area contributed by atoms with Gasteiger partial charge in [0.05, 0.1) is 16.4 Å². The van der Waals surface area contributed by atoms with Crippen molar-refractivity contribution in [2.45, 2.75) is 19.9 Å². The second kappa shape index (κ2) is 8.79. The molecule has 0 fully saturated rings. The molecule has 0 atom stereocenters. The largest absolute Gasteiger partial charge is 0.352 e. The molecule has 0 radical (unpaired) electrons. The Morgan fingerprint density at radius 2 is 1.80 bits per heavy atom. The molecule has 0 unspecified atom stereocenters. The van der Waals surface area contributed by atoms with E-state index in [-0.39, 0.29) is 41.6 Å². The molecule has 0 aliphatic carbocycles. The Balaban J connectivity index is 2.20. The second-order valence-corrected chi connectivity index (χ2v) is 5.90. The summed E-state index contributed by atoms with van der Waals surface area (Å²) in [5, 5.41) is 5.00. The highest BCUT2D eigenvalue weighted by Gasteiger charge is 2.15. The van der Waals surface area contributed by atoms with E-state index in [1.807, 2.05) is 22.6 Å². The van der Waals surface area contributed by atoms with Crippen LogP contribution in [0.4, 0.5) is 8.78 Å². The number of aromatic nitrogens is 2. The number of nitrogens with one attached hydrogen (secondary N) is 2. The zero-order valence-electron chi connectivity index (χ0n) is 13.3. The minimum atomic E-state index is -1.02. The van der Waals surface area contributed by atoms with E-state index in [2.05, 4.69) is 20.6 Å². The van der Waals surface area contributed by atoms with Gasteiger partial charge in [0.15, 0.2) is 11.6 Å². The molecule has 0 aliphatic rings. The summed E-state index contributed by atoms with van der Waals surface area (Å²) in [6.45, 7) is 1.20. The summed E-state index contributed by atoms with van der Waals surface area (Å²) in [6.07, 6.45) is 2.68. The van der Waals surface area contributed by atoms with Gasteiger partial charge in [0, 0.05) is 31.6 Å². The molecular weight excluding hydrogens is 445 g/mol. The molecule has 2 aromatic rings. The molecule has 2 rings (SSSR count). The molecular formula is C16H15F2IN4O2. The lowest BCUT2D eigenvalue weighted by atomic mass is 10.1. The van der Waals surface area contributed by atoms with Crippen LogP contribution in [-0.4, -0.2) is 26.3 Å². The van der Waals surface area contributed by atoms with Gasteiger partial charge in [-0.05, 0) is 5.56 Å². The maximum atomic E-state index is 14.2. The molecule has 0 spiro atoms. The number of rotatable bonds is 6. The first-order valence-electron chi connectivity index (χ1n) is 7.27. The van der Waals surface area contributed by atoms with Crippen molar-refractivity contribution in [3.8, 4) is 0 Å². The SMILES string of the molecule is CC(=O)NCc1ccc(Cc2cncc(C(=O)NCI)n2)c(F)c1F. The van der Waals surface area contributed by atoms with Crippen LogP contribution >= 0.6 is 22.6 Å². The fourth-order valence-corrected chi connectivity index (χ4v) is 2.42. The first-order chi connectivity index (χ1) is 11.9. The molecule has 132 valence electrons. The first-order valence-corrected chi connectivity index (χ1v) is 8.80. The van der Waals surface area contributed by atoms with Crippen LogP contribution in [-0.2, 0) is 17.8 Å². The van der Waals surface area contributed by atoms with Gasteiger partial charge in [-0.2, -0.15) is 0 Å². The summed E-state index contributed by atoms with van der Waals surface area (Å²) in [7, 11) is 0. The van der Waals surface area contributed by atoms with Gasteiger partial charge in [0.2, 0.25) is 5.91 Å². The summed E-state index contributed by atoms with van der Waals surface area (Å²) in [6, 6.07) is 2.83. The van der Waals surface area contributed by atoms with Crippen molar-refractivity contribution in [3.63, 3.8) is 0 Å². The number of carbonyl (C=O) groups excluding carboxylic acids is 2. The summed E-state index contributed by atoms with van der Waals surface area (Å²) >= 11 is 1.98. The van der Waals surface area contributed by atoms with Crippen LogP contribution in [0.1, 0.15) is 34.2 Å². The van der Waals surface area contributed by atoms with Crippen molar-refractivity contribution < 1.29 is 18.4 Å². The molecule has 6 nitrogen and oxygen atoms in total. The maximum Gasteiger partial charge on any atom is 0.272 e. The number of benzene rings is 1. The van der Waals surface area contributed by atoms with E-state index < -0.39 is 11.6 Å².